The van der Waals surface area contributed by atoms with Crippen molar-refractivity contribution in [2.45, 2.75) is 26.2 Å². The van der Waals surface area contributed by atoms with Crippen molar-refractivity contribution in [1.82, 2.24) is 15.0 Å². The molecule has 0 spiro atoms. The van der Waals surface area contributed by atoms with Gasteiger partial charge in [-0.1, -0.05) is 20.8 Å². The molecule has 0 amide bonds. The van der Waals surface area contributed by atoms with Gasteiger partial charge in [0.05, 0.1) is 17.4 Å². The maximum Gasteiger partial charge on any atom is 0.314 e. The number of fused-ring (bicyclic) bond motifs is 1. The number of hydrogen-bond acceptors (Lipinski definition) is 4. The lowest BCUT2D eigenvalue weighted by molar-refractivity contribution is 0.423. The predicted molar refractivity (Wildman–Crippen MR) is 57.7 cm³/mol. The van der Waals surface area contributed by atoms with Crippen molar-refractivity contribution in [3.8, 4) is 6.01 Å². The Labute approximate surface area is 88.0 Å². The van der Waals surface area contributed by atoms with Crippen LogP contribution >= 0.6 is 0 Å². The fourth-order valence-corrected chi connectivity index (χ4v) is 1.54. The molecule has 4 nitrogen and oxygen atoms in total. The zero-order valence-electron chi connectivity index (χ0n) is 9.02. The molecule has 4 heteroatoms. The zero-order valence-corrected chi connectivity index (χ0v) is 9.02. The van der Waals surface area contributed by atoms with Gasteiger partial charge in [-0.25, -0.2) is 0 Å². The van der Waals surface area contributed by atoms with Gasteiger partial charge in [0.15, 0.2) is 0 Å². The van der Waals surface area contributed by atoms with E-state index >= 15 is 0 Å². The summed E-state index contributed by atoms with van der Waals surface area (Å²) >= 11 is 0. The van der Waals surface area contributed by atoms with E-state index in [1.165, 1.54) is 0 Å². The summed E-state index contributed by atoms with van der Waals surface area (Å²) in [7, 11) is 0. The maximum atomic E-state index is 9.42. The van der Waals surface area contributed by atoms with Crippen molar-refractivity contribution in [1.29, 1.82) is 0 Å². The summed E-state index contributed by atoms with van der Waals surface area (Å²) in [5, 5.41) is 10.4. The number of aromatic hydroxyl groups is 1. The lowest BCUT2D eigenvalue weighted by atomic mass is 9.89. The molecule has 2 heterocycles. The number of rotatable bonds is 0. The molecule has 0 atom stereocenters. The van der Waals surface area contributed by atoms with Gasteiger partial charge in [-0.05, 0) is 6.07 Å². The van der Waals surface area contributed by atoms with E-state index in [4.69, 9.17) is 0 Å². The highest BCUT2D eigenvalue weighted by molar-refractivity contribution is 5.81. The van der Waals surface area contributed by atoms with Gasteiger partial charge >= 0.3 is 6.01 Å². The summed E-state index contributed by atoms with van der Waals surface area (Å²) in [4.78, 5) is 12.0. The van der Waals surface area contributed by atoms with Gasteiger partial charge in [0, 0.05) is 17.0 Å². The average molecular weight is 203 g/mol. The molecule has 0 aliphatic carbocycles. The molecule has 0 saturated carbocycles. The number of nitrogens with zero attached hydrogens (tertiary/aromatic N) is 3. The van der Waals surface area contributed by atoms with Gasteiger partial charge in [0.25, 0.3) is 0 Å². The molecule has 78 valence electrons. The lowest BCUT2D eigenvalue weighted by Crippen LogP contribution is -2.14. The fraction of sp³-hybridized carbons (Fsp3) is 0.364. The first-order valence-corrected chi connectivity index (χ1v) is 4.80. The lowest BCUT2D eigenvalue weighted by Gasteiger charge is -2.19. The Hall–Kier alpha value is -1.71. The van der Waals surface area contributed by atoms with Crippen molar-refractivity contribution in [3.63, 3.8) is 0 Å². The van der Waals surface area contributed by atoms with Gasteiger partial charge in [-0.3, -0.25) is 4.98 Å². The molecule has 2 aromatic rings. The van der Waals surface area contributed by atoms with Gasteiger partial charge in [0.1, 0.15) is 0 Å². The minimum Gasteiger partial charge on any atom is -0.479 e. The monoisotopic (exact) mass is 203 g/mol. The molecule has 2 rings (SSSR count). The summed E-state index contributed by atoms with van der Waals surface area (Å²) in [5.74, 6) is 0. The quantitative estimate of drug-likeness (QED) is 0.711. The molecule has 0 bridgehead atoms. The first-order chi connectivity index (χ1) is 6.98. The van der Waals surface area contributed by atoms with Gasteiger partial charge < -0.3 is 5.11 Å². The highest BCUT2D eigenvalue weighted by Gasteiger charge is 2.20. The molecule has 0 aliphatic heterocycles. The normalized spacial score (nSPS) is 11.9. The Morgan fingerprint density at radius 2 is 1.93 bits per heavy atom. The topological polar surface area (TPSA) is 58.9 Å². The second-order valence-corrected chi connectivity index (χ2v) is 4.52. The molecular formula is C11H13N3O. The molecule has 0 radical (unpaired) electrons. The van der Waals surface area contributed by atoms with E-state index in [1.54, 1.807) is 12.4 Å². The van der Waals surface area contributed by atoms with E-state index in [1.807, 2.05) is 6.07 Å². The summed E-state index contributed by atoms with van der Waals surface area (Å²) in [5.41, 5.74) is 1.39. The van der Waals surface area contributed by atoms with Gasteiger partial charge in [-0.2, -0.15) is 9.97 Å². The van der Waals surface area contributed by atoms with Crippen molar-refractivity contribution in [2.24, 2.45) is 0 Å². The molecule has 0 aromatic carbocycles. The van der Waals surface area contributed by atoms with Crippen LogP contribution in [0.5, 0.6) is 6.01 Å². The van der Waals surface area contributed by atoms with Crippen LogP contribution in [0.3, 0.4) is 0 Å². The second-order valence-electron chi connectivity index (χ2n) is 4.52. The zero-order chi connectivity index (χ0) is 11.1. The third kappa shape index (κ3) is 1.75. The average Bonchev–Trinajstić information content (AvgIpc) is 2.15. The summed E-state index contributed by atoms with van der Waals surface area (Å²) in [6.45, 7) is 6.15. The van der Waals surface area contributed by atoms with E-state index in [0.717, 1.165) is 11.1 Å². The molecule has 0 saturated heterocycles. The number of hydrogen-bond donors (Lipinski definition) is 1. The van der Waals surface area contributed by atoms with Gasteiger partial charge in [0.2, 0.25) is 0 Å². The van der Waals surface area contributed by atoms with Crippen LogP contribution < -0.4 is 0 Å². The fourth-order valence-electron chi connectivity index (χ4n) is 1.54. The Bertz CT molecular complexity index is 503. The van der Waals surface area contributed by atoms with Crippen LogP contribution in [0.15, 0.2) is 18.5 Å². The number of pyridine rings is 1. The first-order valence-electron chi connectivity index (χ1n) is 4.80. The predicted octanol–water partition coefficient (Wildman–Crippen LogP) is 2.03. The van der Waals surface area contributed by atoms with E-state index in [2.05, 4.69) is 35.7 Å². The van der Waals surface area contributed by atoms with Crippen molar-refractivity contribution < 1.29 is 5.11 Å². The smallest absolute Gasteiger partial charge is 0.314 e. The van der Waals surface area contributed by atoms with Crippen molar-refractivity contribution >= 4 is 10.9 Å². The Kier molecular flexibility index (Phi) is 2.07. The Balaban J connectivity index is 2.83. The van der Waals surface area contributed by atoms with E-state index < -0.39 is 0 Å². The second kappa shape index (κ2) is 3.15. The molecule has 15 heavy (non-hydrogen) atoms. The molecular weight excluding hydrogens is 190 g/mol. The SMILES string of the molecule is CC(C)(C)c1nc(O)nc2cnccc12. The minimum absolute atomic E-state index is 0.125. The minimum atomic E-state index is -0.194. The van der Waals surface area contributed by atoms with Crippen LogP contribution in [0.4, 0.5) is 0 Å². The third-order valence-electron chi connectivity index (χ3n) is 2.20. The summed E-state index contributed by atoms with van der Waals surface area (Å²) in [6.07, 6.45) is 3.34. The van der Waals surface area contributed by atoms with Crippen molar-refractivity contribution in [2.75, 3.05) is 0 Å². The van der Waals surface area contributed by atoms with E-state index in [0.29, 0.717) is 5.52 Å². The highest BCUT2D eigenvalue weighted by atomic mass is 16.3. The molecule has 0 aliphatic rings. The Morgan fingerprint density at radius 1 is 1.20 bits per heavy atom. The van der Waals surface area contributed by atoms with Gasteiger partial charge in [-0.15, -0.1) is 0 Å². The molecule has 0 fully saturated rings. The van der Waals surface area contributed by atoms with E-state index in [-0.39, 0.29) is 11.4 Å². The van der Waals surface area contributed by atoms with Crippen LogP contribution in [-0.4, -0.2) is 20.1 Å². The van der Waals surface area contributed by atoms with Crippen molar-refractivity contribution in [3.05, 3.63) is 24.2 Å². The van der Waals surface area contributed by atoms with Crippen LogP contribution in [0.2, 0.25) is 0 Å². The third-order valence-corrected chi connectivity index (χ3v) is 2.20. The molecule has 2 aromatic heterocycles. The highest BCUT2D eigenvalue weighted by Crippen LogP contribution is 2.28. The largest absolute Gasteiger partial charge is 0.479 e. The van der Waals surface area contributed by atoms with Crippen LogP contribution in [-0.2, 0) is 5.41 Å². The van der Waals surface area contributed by atoms with Crippen LogP contribution in [0, 0.1) is 0 Å². The number of aromatic nitrogens is 3. The van der Waals surface area contributed by atoms with Crippen LogP contribution in [0.1, 0.15) is 26.5 Å². The summed E-state index contributed by atoms with van der Waals surface area (Å²) < 4.78 is 0. The molecule has 1 N–H and O–H groups in total. The summed E-state index contributed by atoms with van der Waals surface area (Å²) in [6, 6.07) is 1.68. The molecule has 0 unspecified atom stereocenters. The van der Waals surface area contributed by atoms with E-state index in [9.17, 15) is 5.11 Å². The maximum absolute atomic E-state index is 9.42. The Morgan fingerprint density at radius 3 is 2.60 bits per heavy atom. The standard InChI is InChI=1S/C11H13N3O/c1-11(2,3)9-7-4-5-12-6-8(7)13-10(15)14-9/h4-6H,1-3H3,(H,13,14,15). The van der Waals surface area contributed by atoms with Crippen LogP contribution in [0.25, 0.3) is 10.9 Å². The first kappa shape index (κ1) is 9.83.